The van der Waals surface area contributed by atoms with E-state index in [0.29, 0.717) is 0 Å². The van der Waals surface area contributed by atoms with Crippen LogP contribution in [0.2, 0.25) is 0 Å². The number of rotatable bonds is 4. The predicted molar refractivity (Wildman–Crippen MR) is 55.3 cm³/mol. The van der Waals surface area contributed by atoms with Crippen LogP contribution in [0.1, 0.15) is 10.4 Å². The largest absolute Gasteiger partial charge is 0.367 e. The minimum Gasteiger partial charge on any atom is -0.367 e. The topological polar surface area (TPSA) is 116 Å². The van der Waals surface area contributed by atoms with Crippen LogP contribution in [0, 0.1) is 10.1 Å². The smallest absolute Gasteiger partial charge is 0.270 e. The van der Waals surface area contributed by atoms with Gasteiger partial charge in [-0.3, -0.25) is 19.7 Å². The monoisotopic (exact) mass is 236 g/mol. The number of carbonyl (C=O) groups is 2. The first kappa shape index (κ1) is 11.2. The standard InChI is InChI=1S/C10H8N2O5/c11-10(14)9-8(17-9)7(13)5-2-1-3-6(4-5)12(15)16/h1-4,8-9H,(H2,11,14). The van der Waals surface area contributed by atoms with Crippen molar-refractivity contribution in [2.24, 2.45) is 5.73 Å². The van der Waals surface area contributed by atoms with Crippen molar-refractivity contribution < 1.29 is 19.2 Å². The Bertz CT molecular complexity index is 513. The van der Waals surface area contributed by atoms with Gasteiger partial charge in [-0.25, -0.2) is 0 Å². The van der Waals surface area contributed by atoms with Crippen LogP contribution in [0.3, 0.4) is 0 Å². The number of benzene rings is 1. The van der Waals surface area contributed by atoms with Gasteiger partial charge in [0.05, 0.1) is 4.92 Å². The molecule has 0 aliphatic carbocycles. The van der Waals surface area contributed by atoms with Gasteiger partial charge in [-0.05, 0) is 0 Å². The molecule has 1 heterocycles. The summed E-state index contributed by atoms with van der Waals surface area (Å²) in [7, 11) is 0. The van der Waals surface area contributed by atoms with Gasteiger partial charge in [0.15, 0.2) is 18.0 Å². The average molecular weight is 236 g/mol. The number of hydrogen-bond donors (Lipinski definition) is 1. The lowest BCUT2D eigenvalue weighted by Crippen LogP contribution is -2.23. The molecule has 1 aliphatic rings. The third-order valence-electron chi connectivity index (χ3n) is 2.37. The number of epoxide rings is 1. The van der Waals surface area contributed by atoms with Crippen molar-refractivity contribution in [2.45, 2.75) is 12.2 Å². The molecule has 2 N–H and O–H groups in total. The number of nitrogens with two attached hydrogens (primary N) is 1. The van der Waals surface area contributed by atoms with Gasteiger partial charge >= 0.3 is 0 Å². The lowest BCUT2D eigenvalue weighted by molar-refractivity contribution is -0.384. The highest BCUT2D eigenvalue weighted by atomic mass is 16.6. The fraction of sp³-hybridized carbons (Fsp3) is 0.200. The van der Waals surface area contributed by atoms with Crippen LogP contribution in [0.5, 0.6) is 0 Å². The first-order valence-electron chi connectivity index (χ1n) is 4.74. The Balaban J connectivity index is 2.18. The molecule has 1 aliphatic heterocycles. The summed E-state index contributed by atoms with van der Waals surface area (Å²) < 4.78 is 4.80. The molecule has 2 unspecified atom stereocenters. The maximum atomic E-state index is 11.7. The Morgan fingerprint density at radius 1 is 1.35 bits per heavy atom. The molecule has 0 saturated carbocycles. The number of hydrogen-bond acceptors (Lipinski definition) is 5. The van der Waals surface area contributed by atoms with Gasteiger partial charge in [-0.15, -0.1) is 0 Å². The number of carbonyl (C=O) groups excluding carboxylic acids is 2. The van der Waals surface area contributed by atoms with Crippen LogP contribution in [0.25, 0.3) is 0 Å². The summed E-state index contributed by atoms with van der Waals surface area (Å²) in [6, 6.07) is 5.24. The lowest BCUT2D eigenvalue weighted by Gasteiger charge is -1.97. The van der Waals surface area contributed by atoms with Crippen molar-refractivity contribution in [1.82, 2.24) is 0 Å². The summed E-state index contributed by atoms with van der Waals surface area (Å²) in [5.41, 5.74) is 4.90. The summed E-state index contributed by atoms with van der Waals surface area (Å²) in [5.74, 6) is -1.19. The Morgan fingerprint density at radius 3 is 2.59 bits per heavy atom. The molecule has 0 aromatic heterocycles. The van der Waals surface area contributed by atoms with E-state index in [1.807, 2.05) is 0 Å². The minimum atomic E-state index is -0.915. The third kappa shape index (κ3) is 2.13. The van der Waals surface area contributed by atoms with E-state index in [1.165, 1.54) is 18.2 Å². The zero-order valence-electron chi connectivity index (χ0n) is 8.53. The average Bonchev–Trinajstić information content (AvgIpc) is 3.08. The van der Waals surface area contributed by atoms with Crippen molar-refractivity contribution in [3.05, 3.63) is 39.9 Å². The molecule has 7 heteroatoms. The number of ketones is 1. The van der Waals surface area contributed by atoms with Gasteiger partial charge in [0, 0.05) is 17.7 Å². The number of nitrogens with zero attached hydrogens (tertiary/aromatic N) is 1. The van der Waals surface area contributed by atoms with Crippen LogP contribution in [-0.4, -0.2) is 28.8 Å². The molecule has 2 atom stereocenters. The van der Waals surface area contributed by atoms with Crippen molar-refractivity contribution in [2.75, 3.05) is 0 Å². The molecule has 1 aromatic rings. The molecule has 0 bridgehead atoms. The fourth-order valence-corrected chi connectivity index (χ4v) is 1.47. The minimum absolute atomic E-state index is 0.132. The van der Waals surface area contributed by atoms with Crippen molar-refractivity contribution in [3.63, 3.8) is 0 Å². The van der Waals surface area contributed by atoms with E-state index in [9.17, 15) is 19.7 Å². The van der Waals surface area contributed by atoms with Crippen molar-refractivity contribution >= 4 is 17.4 Å². The molecule has 1 fully saturated rings. The Morgan fingerprint density at radius 2 is 2.06 bits per heavy atom. The van der Waals surface area contributed by atoms with E-state index in [1.54, 1.807) is 0 Å². The van der Waals surface area contributed by atoms with E-state index in [-0.39, 0.29) is 11.3 Å². The molecule has 17 heavy (non-hydrogen) atoms. The van der Waals surface area contributed by atoms with E-state index in [4.69, 9.17) is 10.5 Å². The highest BCUT2D eigenvalue weighted by molar-refractivity contribution is 6.05. The van der Waals surface area contributed by atoms with E-state index in [2.05, 4.69) is 0 Å². The van der Waals surface area contributed by atoms with Gasteiger partial charge in [0.1, 0.15) is 0 Å². The second-order valence-electron chi connectivity index (χ2n) is 3.55. The second kappa shape index (κ2) is 3.95. The van der Waals surface area contributed by atoms with Gasteiger partial charge < -0.3 is 10.5 Å². The molecule has 1 saturated heterocycles. The Kier molecular flexibility index (Phi) is 2.60. The summed E-state index contributed by atoms with van der Waals surface area (Å²) >= 11 is 0. The molecular formula is C10H8N2O5. The number of ether oxygens (including phenoxy) is 1. The summed E-state index contributed by atoms with van der Waals surface area (Å²) in [6.07, 6.45) is -1.82. The molecule has 1 aromatic carbocycles. The van der Waals surface area contributed by atoms with E-state index in [0.717, 1.165) is 6.07 Å². The fourth-order valence-electron chi connectivity index (χ4n) is 1.47. The van der Waals surface area contributed by atoms with Crippen LogP contribution in [-0.2, 0) is 9.53 Å². The zero-order valence-corrected chi connectivity index (χ0v) is 8.53. The van der Waals surface area contributed by atoms with Gasteiger partial charge in [0.25, 0.3) is 5.69 Å². The molecule has 7 nitrogen and oxygen atoms in total. The normalized spacial score (nSPS) is 21.9. The Labute approximate surface area is 95.3 Å². The first-order chi connectivity index (χ1) is 8.00. The summed E-state index contributed by atoms with van der Waals surface area (Å²) in [4.78, 5) is 32.4. The number of non-ortho nitro benzene ring substituents is 1. The second-order valence-corrected chi connectivity index (χ2v) is 3.55. The maximum absolute atomic E-state index is 11.7. The number of nitro benzene ring substituents is 1. The number of amides is 1. The van der Waals surface area contributed by atoms with E-state index >= 15 is 0 Å². The molecule has 2 rings (SSSR count). The van der Waals surface area contributed by atoms with Gasteiger partial charge in [-0.1, -0.05) is 12.1 Å². The van der Waals surface area contributed by atoms with Crippen molar-refractivity contribution in [3.8, 4) is 0 Å². The molecule has 88 valence electrons. The lowest BCUT2D eigenvalue weighted by atomic mass is 10.1. The van der Waals surface area contributed by atoms with Crippen LogP contribution < -0.4 is 5.73 Å². The molecule has 0 radical (unpaired) electrons. The molecular weight excluding hydrogens is 228 g/mol. The van der Waals surface area contributed by atoms with Crippen LogP contribution in [0.15, 0.2) is 24.3 Å². The zero-order chi connectivity index (χ0) is 12.6. The molecule has 0 spiro atoms. The summed E-state index contributed by atoms with van der Waals surface area (Å²) in [6.45, 7) is 0. The maximum Gasteiger partial charge on any atom is 0.270 e. The highest BCUT2D eigenvalue weighted by Gasteiger charge is 2.49. The summed E-state index contributed by atoms with van der Waals surface area (Å²) in [5, 5.41) is 10.5. The van der Waals surface area contributed by atoms with Gasteiger partial charge in [0.2, 0.25) is 5.91 Å². The van der Waals surface area contributed by atoms with Crippen LogP contribution >= 0.6 is 0 Å². The highest BCUT2D eigenvalue weighted by Crippen LogP contribution is 2.26. The van der Waals surface area contributed by atoms with Crippen LogP contribution in [0.4, 0.5) is 5.69 Å². The number of primary amides is 1. The molecule has 1 amide bonds. The number of Topliss-reactive ketones (excluding diaryl/α,β-unsaturated/α-hetero) is 1. The first-order valence-corrected chi connectivity index (χ1v) is 4.74. The third-order valence-corrected chi connectivity index (χ3v) is 2.37. The van der Waals surface area contributed by atoms with Crippen molar-refractivity contribution in [1.29, 1.82) is 0 Å². The number of nitro groups is 1. The Hall–Kier alpha value is -2.28. The predicted octanol–water partition coefficient (Wildman–Crippen LogP) is 0.0302. The van der Waals surface area contributed by atoms with Gasteiger partial charge in [-0.2, -0.15) is 0 Å². The van der Waals surface area contributed by atoms with E-state index < -0.39 is 28.8 Å². The SMILES string of the molecule is NC(=O)C1OC1C(=O)c1cccc([N+](=O)[O-])c1. The quantitative estimate of drug-likeness (QED) is 0.342.